The molecule has 3 heteroatoms. The minimum atomic E-state index is 0.274. The summed E-state index contributed by atoms with van der Waals surface area (Å²) < 4.78 is 0. The average molecular weight is 297 g/mol. The maximum atomic E-state index is 4.75. The molecule has 118 valence electrons. The number of nitrogens with one attached hydrogen (secondary N) is 1. The highest BCUT2D eigenvalue weighted by atomic mass is 15.1. The van der Waals surface area contributed by atoms with Crippen LogP contribution >= 0.6 is 0 Å². The zero-order chi connectivity index (χ0) is 15.7. The topological polar surface area (TPSA) is 28.2 Å². The van der Waals surface area contributed by atoms with Gasteiger partial charge in [-0.1, -0.05) is 20.8 Å². The van der Waals surface area contributed by atoms with Gasteiger partial charge >= 0.3 is 0 Å². The number of anilines is 2. The fraction of sp³-hybridized carbons (Fsp3) is 0.526. The fourth-order valence-corrected chi connectivity index (χ4v) is 3.04. The maximum absolute atomic E-state index is 4.75. The Morgan fingerprint density at radius 1 is 1.14 bits per heavy atom. The van der Waals surface area contributed by atoms with Gasteiger partial charge in [0.25, 0.3) is 0 Å². The van der Waals surface area contributed by atoms with Gasteiger partial charge in [-0.2, -0.15) is 0 Å². The van der Waals surface area contributed by atoms with Crippen LogP contribution < -0.4 is 10.2 Å². The summed E-state index contributed by atoms with van der Waals surface area (Å²) in [6.07, 6.45) is 2.60. The molecule has 0 spiro atoms. The highest BCUT2D eigenvalue weighted by Crippen LogP contribution is 2.31. The van der Waals surface area contributed by atoms with Gasteiger partial charge in [0.2, 0.25) is 0 Å². The number of benzene rings is 1. The number of nitrogens with zero attached hydrogens (tertiary/aromatic N) is 2. The number of hydrogen-bond donors (Lipinski definition) is 1. The molecule has 3 rings (SSSR count). The molecule has 22 heavy (non-hydrogen) atoms. The standard InChI is InChI=1S/C19H27N3/c1-14-11-18(22-9-5-6-10-22)16-8-7-15(12-17(16)21-14)20-13-19(2,3)4/h7-8,11-12,20H,5-6,9-10,13H2,1-4H3. The van der Waals surface area contributed by atoms with Crippen LogP contribution in [0.2, 0.25) is 0 Å². The molecule has 1 aliphatic heterocycles. The Morgan fingerprint density at radius 2 is 1.86 bits per heavy atom. The van der Waals surface area contributed by atoms with Gasteiger partial charge in [0.15, 0.2) is 0 Å². The Bertz CT molecular complexity index is 664. The van der Waals surface area contributed by atoms with Crippen LogP contribution in [0.5, 0.6) is 0 Å². The van der Waals surface area contributed by atoms with E-state index in [0.29, 0.717) is 0 Å². The van der Waals surface area contributed by atoms with Crippen molar-refractivity contribution in [2.75, 3.05) is 29.9 Å². The van der Waals surface area contributed by atoms with Crippen LogP contribution in [0.1, 0.15) is 39.3 Å². The molecule has 0 radical (unpaired) electrons. The summed E-state index contributed by atoms with van der Waals surface area (Å²) in [5.74, 6) is 0. The van der Waals surface area contributed by atoms with E-state index < -0.39 is 0 Å². The van der Waals surface area contributed by atoms with Crippen molar-refractivity contribution in [2.24, 2.45) is 5.41 Å². The molecule has 1 aromatic heterocycles. The molecular formula is C19H27N3. The van der Waals surface area contributed by atoms with Crippen LogP contribution in [-0.2, 0) is 0 Å². The minimum absolute atomic E-state index is 0.274. The van der Waals surface area contributed by atoms with Gasteiger partial charge in [-0.25, -0.2) is 0 Å². The smallest absolute Gasteiger partial charge is 0.0746 e. The van der Waals surface area contributed by atoms with Crippen LogP contribution in [-0.4, -0.2) is 24.6 Å². The van der Waals surface area contributed by atoms with Crippen molar-refractivity contribution in [3.05, 3.63) is 30.0 Å². The Morgan fingerprint density at radius 3 is 2.55 bits per heavy atom. The first-order valence-electron chi connectivity index (χ1n) is 8.33. The SMILES string of the molecule is Cc1cc(N2CCCC2)c2ccc(NCC(C)(C)C)cc2n1. The minimum Gasteiger partial charge on any atom is -0.384 e. The number of rotatable bonds is 3. The van der Waals surface area contributed by atoms with Crippen LogP contribution in [0, 0.1) is 12.3 Å². The first-order chi connectivity index (χ1) is 10.4. The predicted molar refractivity (Wildman–Crippen MR) is 95.9 cm³/mol. The quantitative estimate of drug-likeness (QED) is 0.897. The molecule has 1 aliphatic rings. The van der Waals surface area contributed by atoms with Crippen molar-refractivity contribution in [3.63, 3.8) is 0 Å². The lowest BCUT2D eigenvalue weighted by Gasteiger charge is -2.22. The van der Waals surface area contributed by atoms with Crippen molar-refractivity contribution < 1.29 is 0 Å². The van der Waals surface area contributed by atoms with Crippen molar-refractivity contribution in [2.45, 2.75) is 40.5 Å². The van der Waals surface area contributed by atoms with E-state index in [1.807, 2.05) is 0 Å². The lowest BCUT2D eigenvalue weighted by molar-refractivity contribution is 0.443. The van der Waals surface area contributed by atoms with Gasteiger partial charge in [0.05, 0.1) is 5.52 Å². The second kappa shape index (κ2) is 5.79. The van der Waals surface area contributed by atoms with Gasteiger partial charge in [-0.3, -0.25) is 4.98 Å². The van der Waals surface area contributed by atoms with E-state index >= 15 is 0 Å². The van der Waals surface area contributed by atoms with Crippen molar-refractivity contribution in [3.8, 4) is 0 Å². The van der Waals surface area contributed by atoms with Crippen LogP contribution in [0.25, 0.3) is 10.9 Å². The Labute approximate surface area is 133 Å². The molecule has 0 saturated carbocycles. The molecular weight excluding hydrogens is 270 g/mol. The molecule has 2 heterocycles. The number of aryl methyl sites for hydroxylation is 1. The maximum Gasteiger partial charge on any atom is 0.0746 e. The van der Waals surface area contributed by atoms with Crippen molar-refractivity contribution >= 4 is 22.3 Å². The summed E-state index contributed by atoms with van der Waals surface area (Å²) in [5, 5.41) is 4.80. The molecule has 1 N–H and O–H groups in total. The van der Waals surface area contributed by atoms with E-state index in [2.05, 4.69) is 62.2 Å². The molecule has 0 unspecified atom stereocenters. The van der Waals surface area contributed by atoms with Crippen molar-refractivity contribution in [1.29, 1.82) is 0 Å². The van der Waals surface area contributed by atoms with Crippen LogP contribution in [0.4, 0.5) is 11.4 Å². The summed E-state index contributed by atoms with van der Waals surface area (Å²) in [6.45, 7) is 12.1. The highest BCUT2D eigenvalue weighted by Gasteiger charge is 2.16. The van der Waals surface area contributed by atoms with E-state index in [4.69, 9.17) is 4.98 Å². The van der Waals surface area contributed by atoms with Gasteiger partial charge in [-0.15, -0.1) is 0 Å². The van der Waals surface area contributed by atoms with Gasteiger partial charge in [0.1, 0.15) is 0 Å². The Hall–Kier alpha value is -1.77. The first-order valence-corrected chi connectivity index (χ1v) is 8.33. The van der Waals surface area contributed by atoms with Crippen molar-refractivity contribution in [1.82, 2.24) is 4.98 Å². The Balaban J connectivity index is 1.94. The summed E-state index contributed by atoms with van der Waals surface area (Å²) >= 11 is 0. The van der Waals surface area contributed by atoms with E-state index in [9.17, 15) is 0 Å². The molecule has 0 atom stereocenters. The van der Waals surface area contributed by atoms with Crippen LogP contribution in [0.15, 0.2) is 24.3 Å². The second-order valence-corrected chi connectivity index (χ2v) is 7.62. The third-order valence-electron chi connectivity index (χ3n) is 4.19. The normalized spacial score (nSPS) is 15.5. The first kappa shape index (κ1) is 15.1. The molecule has 3 nitrogen and oxygen atoms in total. The molecule has 2 aromatic rings. The highest BCUT2D eigenvalue weighted by molar-refractivity contribution is 5.94. The van der Waals surface area contributed by atoms with E-state index in [-0.39, 0.29) is 5.41 Å². The second-order valence-electron chi connectivity index (χ2n) is 7.62. The molecule has 1 saturated heterocycles. The Kier molecular flexibility index (Phi) is 3.98. The summed E-state index contributed by atoms with van der Waals surface area (Å²) in [6, 6.07) is 8.83. The van der Waals surface area contributed by atoms with Crippen LogP contribution in [0.3, 0.4) is 0 Å². The lowest BCUT2D eigenvalue weighted by Crippen LogP contribution is -2.19. The number of hydrogen-bond acceptors (Lipinski definition) is 3. The lowest BCUT2D eigenvalue weighted by atomic mass is 9.97. The zero-order valence-corrected chi connectivity index (χ0v) is 14.2. The third kappa shape index (κ3) is 3.34. The third-order valence-corrected chi connectivity index (χ3v) is 4.19. The number of pyridine rings is 1. The van der Waals surface area contributed by atoms with E-state index in [1.54, 1.807) is 0 Å². The summed E-state index contributed by atoms with van der Waals surface area (Å²) in [5.41, 5.74) is 4.98. The number of aromatic nitrogens is 1. The predicted octanol–water partition coefficient (Wildman–Crippen LogP) is 4.60. The molecule has 1 aromatic carbocycles. The summed E-state index contributed by atoms with van der Waals surface area (Å²) in [4.78, 5) is 7.25. The van der Waals surface area contributed by atoms with E-state index in [1.165, 1.54) is 37.0 Å². The van der Waals surface area contributed by atoms with E-state index in [0.717, 1.165) is 23.4 Å². The molecule has 1 fully saturated rings. The number of fused-ring (bicyclic) bond motifs is 1. The van der Waals surface area contributed by atoms with Gasteiger partial charge < -0.3 is 10.2 Å². The molecule has 0 bridgehead atoms. The largest absolute Gasteiger partial charge is 0.384 e. The average Bonchev–Trinajstić information content (AvgIpc) is 2.97. The van der Waals surface area contributed by atoms with Gasteiger partial charge in [-0.05, 0) is 49.4 Å². The zero-order valence-electron chi connectivity index (χ0n) is 14.2. The fourth-order valence-electron chi connectivity index (χ4n) is 3.04. The van der Waals surface area contributed by atoms with Gasteiger partial charge in [0, 0.05) is 42.1 Å². The molecule has 0 aliphatic carbocycles. The summed E-state index contributed by atoms with van der Waals surface area (Å²) in [7, 11) is 0. The molecule has 0 amide bonds. The monoisotopic (exact) mass is 297 g/mol.